The summed E-state index contributed by atoms with van der Waals surface area (Å²) >= 11 is 0. The molecule has 0 aromatic heterocycles. The van der Waals surface area contributed by atoms with Crippen molar-refractivity contribution in [2.24, 2.45) is 5.92 Å². The van der Waals surface area contributed by atoms with Gasteiger partial charge in [-0.1, -0.05) is 25.1 Å². The van der Waals surface area contributed by atoms with E-state index in [1.807, 2.05) is 37.3 Å². The summed E-state index contributed by atoms with van der Waals surface area (Å²) in [4.78, 5) is 0. The molecule has 1 heterocycles. The average molecular weight is 300 g/mol. The first-order valence-electron chi connectivity index (χ1n) is 7.08. The lowest BCUT2D eigenvalue weighted by Gasteiger charge is -2.41. The van der Waals surface area contributed by atoms with Crippen LogP contribution in [0.3, 0.4) is 0 Å². The molecule has 5 heteroatoms. The van der Waals surface area contributed by atoms with Gasteiger partial charge in [0, 0.05) is 37.6 Å². The van der Waals surface area contributed by atoms with Crippen LogP contribution in [-0.2, 0) is 14.2 Å². The number of fused-ring (bicyclic) bond motifs is 2. The highest BCUT2D eigenvalue weighted by Crippen LogP contribution is 2.40. The number of hydrogen-bond donors (Lipinski definition) is 0. The molecule has 0 spiro atoms. The van der Waals surface area contributed by atoms with Gasteiger partial charge < -0.3 is 24.5 Å². The van der Waals surface area contributed by atoms with E-state index >= 15 is 0 Å². The Kier molecular flexibility index (Phi) is 4.02. The largest absolute Gasteiger partial charge is 0.754 e. The second-order valence-electron chi connectivity index (χ2n) is 5.22. The molecule has 116 valence electrons. The second-order valence-corrected chi connectivity index (χ2v) is 5.22. The summed E-state index contributed by atoms with van der Waals surface area (Å²) in [6.45, 7) is 1.23. The van der Waals surface area contributed by atoms with Crippen molar-refractivity contribution in [3.8, 4) is 0 Å². The van der Waals surface area contributed by atoms with E-state index in [1.165, 1.54) is 14.2 Å². The van der Waals surface area contributed by atoms with Crippen LogP contribution in [0.5, 0.6) is 0 Å². The van der Waals surface area contributed by atoms with Crippen molar-refractivity contribution in [1.29, 1.82) is 0 Å². The number of benzene rings is 1. The van der Waals surface area contributed by atoms with Crippen molar-refractivity contribution in [3.63, 3.8) is 0 Å². The monoisotopic (exact) mass is 300 g/mol. The van der Waals surface area contributed by atoms with Crippen molar-refractivity contribution in [2.45, 2.75) is 13.4 Å². The maximum atomic E-state index is 12.6. The number of hydrogen-bond acceptors (Lipinski definition) is 5. The van der Waals surface area contributed by atoms with Crippen molar-refractivity contribution in [3.05, 3.63) is 64.2 Å². The normalized spacial score (nSPS) is 20.0. The van der Waals surface area contributed by atoms with E-state index in [1.54, 1.807) is 6.08 Å². The molecule has 0 saturated heterocycles. The standard InChI is InChI=1S/C17H18NO4/c1-11-8-13(22-17(20-2)21-3)10-16-14(11)9-12-6-4-5-7-15(12)18(16)19/h4-11,17H,1-3H3/q-1/t11-/m1/s1. The van der Waals surface area contributed by atoms with Crippen LogP contribution >= 0.6 is 0 Å². The van der Waals surface area contributed by atoms with E-state index in [0.29, 0.717) is 17.1 Å². The molecular weight excluding hydrogens is 282 g/mol. The van der Waals surface area contributed by atoms with E-state index in [0.717, 1.165) is 16.2 Å². The van der Waals surface area contributed by atoms with Crippen LogP contribution in [0.2, 0.25) is 0 Å². The van der Waals surface area contributed by atoms with Gasteiger partial charge in [0.25, 0.3) is 0 Å². The van der Waals surface area contributed by atoms with Gasteiger partial charge in [-0.15, -0.1) is 0 Å². The molecule has 0 amide bonds. The summed E-state index contributed by atoms with van der Waals surface area (Å²) in [6, 6.07) is 7.54. The number of hydroxylamine groups is 1. The molecule has 1 atom stereocenters. The Hall–Kier alpha value is -2.08. The van der Waals surface area contributed by atoms with Crippen molar-refractivity contribution in [2.75, 3.05) is 19.3 Å². The molecular formula is C17H18NO4-. The minimum atomic E-state index is -0.795. The second kappa shape index (κ2) is 5.96. The summed E-state index contributed by atoms with van der Waals surface area (Å²) in [5.41, 5.74) is 3.14. The smallest absolute Gasteiger partial charge is 0.315 e. The molecule has 5 nitrogen and oxygen atoms in total. The van der Waals surface area contributed by atoms with Gasteiger partial charge in [0.1, 0.15) is 5.76 Å². The number of allylic oxidation sites excluding steroid dienone is 3. The van der Waals surface area contributed by atoms with Crippen molar-refractivity contribution >= 4 is 11.8 Å². The average Bonchev–Trinajstić information content (AvgIpc) is 2.54. The van der Waals surface area contributed by atoms with E-state index < -0.39 is 6.48 Å². The Morgan fingerprint density at radius 1 is 1.14 bits per heavy atom. The first kappa shape index (κ1) is 14.8. The Morgan fingerprint density at radius 3 is 2.59 bits per heavy atom. The van der Waals surface area contributed by atoms with E-state index in [2.05, 4.69) is 6.08 Å². The minimum Gasteiger partial charge on any atom is -0.754 e. The summed E-state index contributed by atoms with van der Waals surface area (Å²) in [5, 5.41) is 13.6. The highest BCUT2D eigenvalue weighted by molar-refractivity contribution is 5.81. The van der Waals surface area contributed by atoms with Gasteiger partial charge in [0.2, 0.25) is 0 Å². The minimum absolute atomic E-state index is 0.0640. The van der Waals surface area contributed by atoms with Crippen LogP contribution in [0.15, 0.2) is 53.4 Å². The van der Waals surface area contributed by atoms with Gasteiger partial charge in [0.05, 0.1) is 0 Å². The van der Waals surface area contributed by atoms with Crippen LogP contribution in [0, 0.1) is 11.1 Å². The third-order valence-corrected chi connectivity index (χ3v) is 3.78. The van der Waals surface area contributed by atoms with Crippen LogP contribution < -0.4 is 5.06 Å². The number of ether oxygens (including phenoxy) is 3. The number of methoxy groups -OCH3 is 2. The Balaban J connectivity index is 1.96. The Bertz CT molecular complexity index is 658. The quantitative estimate of drug-likeness (QED) is 0.798. The molecule has 1 aliphatic heterocycles. The number of rotatable bonds is 4. The lowest BCUT2D eigenvalue weighted by molar-refractivity contribution is -0.245. The molecule has 1 aromatic rings. The number of nitrogens with zero attached hydrogens (tertiary/aromatic N) is 1. The topological polar surface area (TPSA) is 54.0 Å². The highest BCUT2D eigenvalue weighted by atomic mass is 16.8. The summed E-state index contributed by atoms with van der Waals surface area (Å²) in [7, 11) is 2.99. The molecule has 1 aliphatic carbocycles. The van der Waals surface area contributed by atoms with E-state index in [4.69, 9.17) is 14.2 Å². The summed E-state index contributed by atoms with van der Waals surface area (Å²) < 4.78 is 15.7. The van der Waals surface area contributed by atoms with Crippen LogP contribution in [0.4, 0.5) is 5.69 Å². The van der Waals surface area contributed by atoms with Crippen LogP contribution in [0.1, 0.15) is 12.5 Å². The maximum absolute atomic E-state index is 12.6. The molecule has 22 heavy (non-hydrogen) atoms. The van der Waals surface area contributed by atoms with Gasteiger partial charge in [-0.25, -0.2) is 0 Å². The molecule has 2 aliphatic rings. The molecule has 0 fully saturated rings. The predicted octanol–water partition coefficient (Wildman–Crippen LogP) is 3.40. The zero-order valence-electron chi connectivity index (χ0n) is 12.8. The van der Waals surface area contributed by atoms with Crippen molar-refractivity contribution in [1.82, 2.24) is 0 Å². The highest BCUT2D eigenvalue weighted by Gasteiger charge is 2.25. The molecule has 0 unspecified atom stereocenters. The van der Waals surface area contributed by atoms with Crippen LogP contribution in [-0.4, -0.2) is 20.7 Å². The molecule has 0 saturated carbocycles. The summed E-state index contributed by atoms with van der Waals surface area (Å²) in [5.74, 6) is 0.628. The van der Waals surface area contributed by atoms with Gasteiger partial charge in [-0.3, -0.25) is 0 Å². The first-order valence-corrected chi connectivity index (χ1v) is 7.08. The molecule has 3 rings (SSSR count). The van der Waals surface area contributed by atoms with Crippen LogP contribution in [0.25, 0.3) is 6.08 Å². The fourth-order valence-electron chi connectivity index (χ4n) is 2.69. The predicted molar refractivity (Wildman–Crippen MR) is 84.5 cm³/mol. The number of para-hydroxylation sites is 1. The van der Waals surface area contributed by atoms with Gasteiger partial charge in [-0.2, -0.15) is 0 Å². The zero-order valence-corrected chi connectivity index (χ0v) is 12.8. The fraction of sp³-hybridized carbons (Fsp3) is 0.294. The molecule has 1 aromatic carbocycles. The third kappa shape index (κ3) is 2.54. The Morgan fingerprint density at radius 2 is 1.86 bits per heavy atom. The van der Waals surface area contributed by atoms with Gasteiger partial charge in [0.15, 0.2) is 0 Å². The van der Waals surface area contributed by atoms with Crippen molar-refractivity contribution < 1.29 is 14.2 Å². The third-order valence-electron chi connectivity index (χ3n) is 3.78. The van der Waals surface area contributed by atoms with Gasteiger partial charge >= 0.3 is 6.48 Å². The molecule has 0 bridgehead atoms. The lowest BCUT2D eigenvalue weighted by Crippen LogP contribution is -2.26. The SMILES string of the molecule is COC(OC)OC1=C[C@@H](C)C2=Cc3ccccc3N([O-])C2=C1. The number of anilines is 1. The van der Waals surface area contributed by atoms with E-state index in [-0.39, 0.29) is 5.92 Å². The maximum Gasteiger partial charge on any atom is 0.315 e. The molecule has 0 N–H and O–H groups in total. The Labute approximate surface area is 129 Å². The lowest BCUT2D eigenvalue weighted by atomic mass is 9.88. The van der Waals surface area contributed by atoms with E-state index in [9.17, 15) is 5.21 Å². The zero-order chi connectivity index (χ0) is 15.7. The fourth-order valence-corrected chi connectivity index (χ4v) is 2.69. The van der Waals surface area contributed by atoms with Gasteiger partial charge in [-0.05, 0) is 29.4 Å². The molecule has 0 radical (unpaired) electrons. The first-order chi connectivity index (χ1) is 10.6. The summed E-state index contributed by atoms with van der Waals surface area (Å²) in [6.07, 6.45) is 5.72.